The molecule has 0 saturated heterocycles. The average molecular weight is 292 g/mol. The third-order valence-electron chi connectivity index (χ3n) is 5.45. The van der Waals surface area contributed by atoms with Gasteiger partial charge in [-0.05, 0) is 62.7 Å². The van der Waals surface area contributed by atoms with E-state index in [0.29, 0.717) is 11.5 Å². The van der Waals surface area contributed by atoms with Gasteiger partial charge in [0.25, 0.3) is 0 Å². The average Bonchev–Trinajstić information content (AvgIpc) is 2.42. The zero-order chi connectivity index (χ0) is 15.0. The lowest BCUT2D eigenvalue weighted by atomic mass is 9.56. The Hall–Kier alpha value is -1.32. The highest BCUT2D eigenvalue weighted by Crippen LogP contribution is 2.53. The van der Waals surface area contributed by atoms with Crippen LogP contribution in [0, 0.1) is 23.7 Å². The molecule has 4 heteroatoms. The molecule has 3 saturated carbocycles. The van der Waals surface area contributed by atoms with Gasteiger partial charge < -0.3 is 9.47 Å². The quantitative estimate of drug-likeness (QED) is 0.590. The Morgan fingerprint density at radius 1 is 1.10 bits per heavy atom. The van der Waals surface area contributed by atoms with E-state index in [1.165, 1.54) is 32.1 Å². The van der Waals surface area contributed by atoms with Crippen molar-refractivity contribution in [2.45, 2.75) is 51.6 Å². The number of hydrogen-bond acceptors (Lipinski definition) is 4. The first kappa shape index (κ1) is 14.6. The summed E-state index contributed by atoms with van der Waals surface area (Å²) in [5.74, 6) is 1.95. The summed E-state index contributed by atoms with van der Waals surface area (Å²) < 4.78 is 10.5. The van der Waals surface area contributed by atoms with Crippen molar-refractivity contribution in [3.05, 3.63) is 12.2 Å². The molecule has 0 aromatic heterocycles. The monoisotopic (exact) mass is 292 g/mol. The lowest BCUT2D eigenvalue weighted by Gasteiger charge is -2.51. The van der Waals surface area contributed by atoms with Crippen molar-refractivity contribution < 1.29 is 19.1 Å². The number of carbonyl (C=O) groups excluding carboxylic acids is 2. The molecule has 0 heterocycles. The first-order chi connectivity index (χ1) is 10.0. The van der Waals surface area contributed by atoms with E-state index in [9.17, 15) is 9.59 Å². The maximum absolute atomic E-state index is 11.9. The summed E-state index contributed by atoms with van der Waals surface area (Å²) in [6.07, 6.45) is 7.45. The minimum Gasteiger partial charge on any atom is -0.460 e. The Balaban J connectivity index is 1.54. The fourth-order valence-electron chi connectivity index (χ4n) is 4.64. The number of rotatable bonds is 4. The molecule has 0 spiro atoms. The summed E-state index contributed by atoms with van der Waals surface area (Å²) in [6, 6.07) is 0. The van der Waals surface area contributed by atoms with Crippen molar-refractivity contribution in [1.82, 2.24) is 0 Å². The molecule has 0 N–H and O–H groups in total. The molecule has 4 nitrogen and oxygen atoms in total. The van der Waals surface area contributed by atoms with Crippen LogP contribution in [-0.2, 0) is 19.1 Å². The van der Waals surface area contributed by atoms with Crippen molar-refractivity contribution in [2.24, 2.45) is 23.7 Å². The smallest absolute Gasteiger partial charge is 0.344 e. The molecule has 116 valence electrons. The minimum atomic E-state index is -0.534. The van der Waals surface area contributed by atoms with Gasteiger partial charge in [0.2, 0.25) is 0 Å². The van der Waals surface area contributed by atoms with E-state index in [2.05, 4.69) is 6.58 Å². The maximum Gasteiger partial charge on any atom is 0.344 e. The minimum absolute atomic E-state index is 0.0334. The molecule has 3 fully saturated rings. The standard InChI is InChI=1S/C17H24O4/c1-10(2)17(19)20-9-16(18)21-15-8-12-5-11-3-4-14(15)13(6-11)7-12/h11-15H,1,3-9H2,2H3. The second kappa shape index (κ2) is 5.82. The van der Waals surface area contributed by atoms with Gasteiger partial charge in [-0.15, -0.1) is 0 Å². The normalized spacial score (nSPS) is 36.9. The van der Waals surface area contributed by atoms with Gasteiger partial charge in [0.1, 0.15) is 6.10 Å². The lowest BCUT2D eigenvalue weighted by Crippen LogP contribution is -2.46. The Morgan fingerprint density at radius 2 is 1.86 bits per heavy atom. The second-order valence-electron chi connectivity index (χ2n) is 7.06. The highest BCUT2D eigenvalue weighted by Gasteiger charge is 2.47. The Kier molecular flexibility index (Phi) is 4.05. The maximum atomic E-state index is 11.9. The molecule has 3 aliphatic carbocycles. The third kappa shape index (κ3) is 3.14. The van der Waals surface area contributed by atoms with Gasteiger partial charge in [-0.1, -0.05) is 13.0 Å². The van der Waals surface area contributed by atoms with Gasteiger partial charge in [0.05, 0.1) is 0 Å². The van der Waals surface area contributed by atoms with Gasteiger partial charge in [-0.2, -0.15) is 0 Å². The fraction of sp³-hybridized carbons (Fsp3) is 0.765. The van der Waals surface area contributed by atoms with Crippen LogP contribution < -0.4 is 0 Å². The predicted octanol–water partition coefficient (Wildman–Crippen LogP) is 2.86. The van der Waals surface area contributed by atoms with E-state index in [1.807, 2.05) is 0 Å². The van der Waals surface area contributed by atoms with Crippen LogP contribution in [0.4, 0.5) is 0 Å². The molecule has 5 atom stereocenters. The zero-order valence-electron chi connectivity index (χ0n) is 12.7. The van der Waals surface area contributed by atoms with Crippen LogP contribution in [0.5, 0.6) is 0 Å². The van der Waals surface area contributed by atoms with Crippen molar-refractivity contribution in [1.29, 1.82) is 0 Å². The fourth-order valence-corrected chi connectivity index (χ4v) is 4.64. The van der Waals surface area contributed by atoms with E-state index in [1.54, 1.807) is 6.92 Å². The van der Waals surface area contributed by atoms with Crippen LogP contribution in [0.1, 0.15) is 45.4 Å². The van der Waals surface area contributed by atoms with Crippen molar-refractivity contribution in [2.75, 3.05) is 6.61 Å². The molecular formula is C17H24O4. The largest absolute Gasteiger partial charge is 0.460 e. The molecule has 0 aromatic carbocycles. The van der Waals surface area contributed by atoms with Crippen LogP contribution in [0.25, 0.3) is 0 Å². The van der Waals surface area contributed by atoms with E-state index in [-0.39, 0.29) is 12.7 Å². The van der Waals surface area contributed by atoms with Crippen LogP contribution in [0.3, 0.4) is 0 Å². The molecule has 3 bridgehead atoms. The summed E-state index contributed by atoms with van der Waals surface area (Å²) in [4.78, 5) is 23.2. The van der Waals surface area contributed by atoms with Gasteiger partial charge >= 0.3 is 11.9 Å². The first-order valence-corrected chi connectivity index (χ1v) is 8.05. The summed E-state index contributed by atoms with van der Waals surface area (Å²) in [5, 5.41) is 0. The summed E-state index contributed by atoms with van der Waals surface area (Å²) >= 11 is 0. The zero-order valence-corrected chi connectivity index (χ0v) is 12.7. The van der Waals surface area contributed by atoms with Gasteiger partial charge in [-0.3, -0.25) is 0 Å². The SMILES string of the molecule is C=C(C)C(=O)OCC(=O)OC1CC2CC3CCC1C(C3)C2. The van der Waals surface area contributed by atoms with Crippen molar-refractivity contribution in [3.63, 3.8) is 0 Å². The number of carbonyl (C=O) groups is 2. The second-order valence-corrected chi connectivity index (χ2v) is 7.06. The number of hydrogen-bond donors (Lipinski definition) is 0. The van der Waals surface area contributed by atoms with Gasteiger partial charge in [-0.25, -0.2) is 9.59 Å². The number of esters is 2. The molecule has 0 aromatic rings. The number of fused-ring (bicyclic) bond motifs is 2. The molecule has 3 rings (SSSR count). The third-order valence-corrected chi connectivity index (χ3v) is 5.45. The van der Waals surface area contributed by atoms with Crippen molar-refractivity contribution >= 4 is 11.9 Å². The number of ether oxygens (including phenoxy) is 2. The van der Waals surface area contributed by atoms with Crippen molar-refractivity contribution in [3.8, 4) is 0 Å². The van der Waals surface area contributed by atoms with E-state index >= 15 is 0 Å². The first-order valence-electron chi connectivity index (χ1n) is 8.05. The van der Waals surface area contributed by atoms with Crippen LogP contribution in [-0.4, -0.2) is 24.6 Å². The van der Waals surface area contributed by atoms with Gasteiger partial charge in [0.15, 0.2) is 6.61 Å². The highest BCUT2D eigenvalue weighted by molar-refractivity contribution is 5.88. The van der Waals surface area contributed by atoms with Crippen LogP contribution in [0.15, 0.2) is 12.2 Å². The van der Waals surface area contributed by atoms with E-state index in [0.717, 1.165) is 24.2 Å². The van der Waals surface area contributed by atoms with Gasteiger partial charge in [0, 0.05) is 5.57 Å². The lowest BCUT2D eigenvalue weighted by molar-refractivity contribution is -0.170. The molecule has 0 radical (unpaired) electrons. The molecule has 3 aliphatic rings. The molecule has 0 amide bonds. The molecular weight excluding hydrogens is 268 g/mol. The topological polar surface area (TPSA) is 52.6 Å². The molecule has 0 aliphatic heterocycles. The summed E-state index contributed by atoms with van der Waals surface area (Å²) in [7, 11) is 0. The van der Waals surface area contributed by atoms with Crippen LogP contribution >= 0.6 is 0 Å². The predicted molar refractivity (Wildman–Crippen MR) is 77.3 cm³/mol. The Morgan fingerprint density at radius 3 is 2.62 bits per heavy atom. The molecule has 21 heavy (non-hydrogen) atoms. The van der Waals surface area contributed by atoms with E-state index < -0.39 is 11.9 Å². The Bertz CT molecular complexity index is 450. The summed E-state index contributed by atoms with van der Waals surface area (Å²) in [6.45, 7) is 4.76. The van der Waals surface area contributed by atoms with E-state index in [4.69, 9.17) is 9.47 Å². The highest BCUT2D eigenvalue weighted by atomic mass is 16.6. The summed E-state index contributed by atoms with van der Waals surface area (Å²) in [5.41, 5.74) is 0.299. The van der Waals surface area contributed by atoms with Crippen LogP contribution in [0.2, 0.25) is 0 Å². The molecule has 5 unspecified atom stereocenters. The Labute approximate surface area is 125 Å².